The molecule has 1 amide bonds. The van der Waals surface area contributed by atoms with Gasteiger partial charge in [0.1, 0.15) is 12.9 Å². The van der Waals surface area contributed by atoms with Gasteiger partial charge in [-0.25, -0.2) is 9.48 Å². The van der Waals surface area contributed by atoms with Crippen LogP contribution in [0.3, 0.4) is 0 Å². The van der Waals surface area contributed by atoms with Crippen molar-refractivity contribution in [3.8, 4) is 0 Å². The number of hydrogen-bond acceptors (Lipinski definition) is 3. The van der Waals surface area contributed by atoms with Gasteiger partial charge in [-0.2, -0.15) is 5.10 Å². The van der Waals surface area contributed by atoms with Crippen LogP contribution in [0.4, 0.5) is 0 Å². The first-order valence-corrected chi connectivity index (χ1v) is 8.49. The lowest BCUT2D eigenvalue weighted by atomic mass is 10.1. The Labute approximate surface area is 152 Å². The molecule has 26 heavy (non-hydrogen) atoms. The van der Waals surface area contributed by atoms with E-state index in [9.17, 15) is 9.59 Å². The van der Waals surface area contributed by atoms with Gasteiger partial charge in [0.2, 0.25) is 5.91 Å². The predicted molar refractivity (Wildman–Crippen MR) is 99.3 cm³/mol. The summed E-state index contributed by atoms with van der Waals surface area (Å²) < 4.78 is 2.55. The minimum atomic E-state index is -0.297. The van der Waals surface area contributed by atoms with Crippen molar-refractivity contribution in [1.29, 1.82) is 0 Å². The molecule has 0 fully saturated rings. The van der Waals surface area contributed by atoms with Crippen LogP contribution in [0, 0.1) is 6.92 Å². The molecular weight excluding hydrogens is 328 g/mol. The second kappa shape index (κ2) is 7.82. The summed E-state index contributed by atoms with van der Waals surface area (Å²) in [6.07, 6.45) is 1.42. The van der Waals surface area contributed by atoms with Crippen molar-refractivity contribution in [1.82, 2.24) is 19.2 Å². The van der Waals surface area contributed by atoms with Crippen LogP contribution < -0.4 is 5.69 Å². The van der Waals surface area contributed by atoms with Gasteiger partial charge in [0.05, 0.1) is 0 Å². The number of carbonyl (C=O) groups is 1. The number of benzene rings is 2. The van der Waals surface area contributed by atoms with E-state index in [4.69, 9.17) is 0 Å². The molecule has 0 unspecified atom stereocenters. The molecule has 0 N–H and O–H groups in total. The molecule has 6 nitrogen and oxygen atoms in total. The number of carbonyl (C=O) groups excluding carboxylic acids is 1. The van der Waals surface area contributed by atoms with Gasteiger partial charge in [-0.3, -0.25) is 9.36 Å². The van der Waals surface area contributed by atoms with Crippen LogP contribution in [-0.2, 0) is 31.5 Å². The maximum Gasteiger partial charge on any atom is 0.345 e. The van der Waals surface area contributed by atoms with E-state index in [1.54, 1.807) is 11.9 Å². The maximum absolute atomic E-state index is 12.9. The Morgan fingerprint density at radius 2 is 1.73 bits per heavy atom. The molecule has 3 rings (SSSR count). The molecule has 0 aliphatic heterocycles. The Hall–Kier alpha value is -3.15. The Bertz CT molecular complexity index is 944. The lowest BCUT2D eigenvalue weighted by Crippen LogP contribution is -2.36. The first-order chi connectivity index (χ1) is 12.5. The van der Waals surface area contributed by atoms with Crippen LogP contribution in [0.25, 0.3) is 0 Å². The fourth-order valence-corrected chi connectivity index (χ4v) is 2.79. The molecule has 2 aromatic carbocycles. The van der Waals surface area contributed by atoms with Gasteiger partial charge in [0.25, 0.3) is 0 Å². The van der Waals surface area contributed by atoms with Gasteiger partial charge in [-0.05, 0) is 23.6 Å². The third kappa shape index (κ3) is 4.08. The lowest BCUT2D eigenvalue weighted by Gasteiger charge is -2.24. The SMILES string of the molecule is Cc1ccccc1CN(Cc1ccccc1)C(=O)Cn1ncn(C)c1=O. The minimum absolute atomic E-state index is 0.0710. The van der Waals surface area contributed by atoms with Crippen LogP contribution in [0.1, 0.15) is 16.7 Å². The zero-order valence-electron chi connectivity index (χ0n) is 15.0. The molecule has 0 saturated carbocycles. The molecule has 6 heteroatoms. The fraction of sp³-hybridized carbons (Fsp3) is 0.250. The second-order valence-electron chi connectivity index (χ2n) is 6.34. The molecule has 0 aliphatic carbocycles. The van der Waals surface area contributed by atoms with Crippen LogP contribution in [0.2, 0.25) is 0 Å². The van der Waals surface area contributed by atoms with E-state index in [0.717, 1.165) is 16.7 Å². The monoisotopic (exact) mass is 350 g/mol. The molecule has 0 aliphatic rings. The average Bonchev–Trinajstić information content (AvgIpc) is 2.96. The molecule has 134 valence electrons. The summed E-state index contributed by atoms with van der Waals surface area (Å²) in [6.45, 7) is 2.93. The van der Waals surface area contributed by atoms with E-state index < -0.39 is 0 Å². The van der Waals surface area contributed by atoms with Gasteiger partial charge < -0.3 is 4.90 Å². The molecule has 3 aromatic rings. The zero-order chi connectivity index (χ0) is 18.5. The topological polar surface area (TPSA) is 60.1 Å². The Morgan fingerprint density at radius 3 is 2.38 bits per heavy atom. The van der Waals surface area contributed by atoms with Crippen LogP contribution in [0.5, 0.6) is 0 Å². The Balaban J connectivity index is 1.84. The third-order valence-corrected chi connectivity index (χ3v) is 4.36. The van der Waals surface area contributed by atoms with E-state index in [1.165, 1.54) is 15.6 Å². The number of hydrogen-bond donors (Lipinski definition) is 0. The molecule has 0 bridgehead atoms. The average molecular weight is 350 g/mol. The summed E-state index contributed by atoms with van der Waals surface area (Å²) in [5, 5.41) is 3.99. The van der Waals surface area contributed by atoms with Gasteiger partial charge >= 0.3 is 5.69 Å². The number of aromatic nitrogens is 3. The molecule has 0 spiro atoms. The Kier molecular flexibility index (Phi) is 5.31. The zero-order valence-corrected chi connectivity index (χ0v) is 15.0. The van der Waals surface area contributed by atoms with E-state index in [0.29, 0.717) is 13.1 Å². The molecular formula is C20H22N4O2. The van der Waals surface area contributed by atoms with Crippen LogP contribution in [-0.4, -0.2) is 25.2 Å². The van der Waals surface area contributed by atoms with Crippen LogP contribution in [0.15, 0.2) is 65.7 Å². The standard InChI is InChI=1S/C20H22N4O2/c1-16-8-6-7-11-18(16)13-23(12-17-9-4-3-5-10-17)19(25)14-24-20(26)22(2)15-21-24/h3-11,15H,12-14H2,1-2H3. The summed E-state index contributed by atoms with van der Waals surface area (Å²) in [6, 6.07) is 17.8. The van der Waals surface area contributed by atoms with E-state index >= 15 is 0 Å². The lowest BCUT2D eigenvalue weighted by molar-refractivity contribution is -0.133. The van der Waals surface area contributed by atoms with Crippen molar-refractivity contribution >= 4 is 5.91 Å². The molecule has 0 atom stereocenters. The summed E-state index contributed by atoms with van der Waals surface area (Å²) in [4.78, 5) is 26.7. The molecule has 0 radical (unpaired) electrons. The predicted octanol–water partition coefficient (Wildman–Crippen LogP) is 2.12. The van der Waals surface area contributed by atoms with E-state index in [1.807, 2.05) is 61.5 Å². The molecule has 1 aromatic heterocycles. The van der Waals surface area contributed by atoms with Gasteiger partial charge in [-0.15, -0.1) is 0 Å². The van der Waals surface area contributed by atoms with Crippen molar-refractivity contribution in [2.45, 2.75) is 26.6 Å². The largest absolute Gasteiger partial charge is 0.345 e. The molecule has 1 heterocycles. The number of rotatable bonds is 6. The quantitative estimate of drug-likeness (QED) is 0.684. The first kappa shape index (κ1) is 17.7. The number of amides is 1. The highest BCUT2D eigenvalue weighted by atomic mass is 16.2. The summed E-state index contributed by atoms with van der Waals surface area (Å²) in [7, 11) is 1.62. The molecule has 0 saturated heterocycles. The third-order valence-electron chi connectivity index (χ3n) is 4.36. The van der Waals surface area contributed by atoms with Crippen molar-refractivity contribution in [3.05, 3.63) is 88.1 Å². The second-order valence-corrected chi connectivity index (χ2v) is 6.34. The van der Waals surface area contributed by atoms with Gasteiger partial charge in [-0.1, -0.05) is 54.6 Å². The highest BCUT2D eigenvalue weighted by Crippen LogP contribution is 2.14. The highest BCUT2D eigenvalue weighted by molar-refractivity contribution is 5.76. The van der Waals surface area contributed by atoms with Gasteiger partial charge in [0.15, 0.2) is 0 Å². The van der Waals surface area contributed by atoms with Crippen LogP contribution >= 0.6 is 0 Å². The van der Waals surface area contributed by atoms with E-state index in [2.05, 4.69) is 5.10 Å². The first-order valence-electron chi connectivity index (χ1n) is 8.49. The van der Waals surface area contributed by atoms with Crippen molar-refractivity contribution in [2.24, 2.45) is 7.05 Å². The summed E-state index contributed by atoms with van der Waals surface area (Å²) in [5.74, 6) is -0.141. The fourth-order valence-electron chi connectivity index (χ4n) is 2.79. The normalized spacial score (nSPS) is 10.7. The van der Waals surface area contributed by atoms with Gasteiger partial charge in [0, 0.05) is 20.1 Å². The minimum Gasteiger partial charge on any atom is -0.332 e. The van der Waals surface area contributed by atoms with Crippen molar-refractivity contribution in [2.75, 3.05) is 0 Å². The summed E-state index contributed by atoms with van der Waals surface area (Å²) >= 11 is 0. The van der Waals surface area contributed by atoms with Crippen molar-refractivity contribution < 1.29 is 4.79 Å². The smallest absolute Gasteiger partial charge is 0.332 e. The summed E-state index contributed by atoms with van der Waals surface area (Å²) in [5.41, 5.74) is 2.97. The Morgan fingerprint density at radius 1 is 1.04 bits per heavy atom. The highest BCUT2D eigenvalue weighted by Gasteiger charge is 2.18. The van der Waals surface area contributed by atoms with E-state index in [-0.39, 0.29) is 18.1 Å². The number of aryl methyl sites for hydroxylation is 2. The number of nitrogens with zero attached hydrogens (tertiary/aromatic N) is 4. The van der Waals surface area contributed by atoms with Crippen molar-refractivity contribution in [3.63, 3.8) is 0 Å². The maximum atomic E-state index is 12.9.